The molecule has 7 heteroatoms. The number of aliphatic hydroxyl groups excluding tert-OH is 1. The number of para-hydroxylation sites is 1. The van der Waals surface area contributed by atoms with E-state index in [1.165, 1.54) is 27.8 Å². The zero-order valence-electron chi connectivity index (χ0n) is 9.24. The van der Waals surface area contributed by atoms with Gasteiger partial charge >= 0.3 is 0 Å². The second-order valence-corrected chi connectivity index (χ2v) is 7.07. The molecule has 0 amide bonds. The Morgan fingerprint density at radius 2 is 2.00 bits per heavy atom. The van der Waals surface area contributed by atoms with E-state index in [0.29, 0.717) is 6.42 Å². The Labute approximate surface area is 116 Å². The maximum atomic E-state index is 8.84. The molecule has 0 spiro atoms. The summed E-state index contributed by atoms with van der Waals surface area (Å²) in [6, 6.07) is 8.07. The van der Waals surface area contributed by atoms with Gasteiger partial charge in [0.15, 0.2) is 8.68 Å². The van der Waals surface area contributed by atoms with Crippen LogP contribution in [0.25, 0.3) is 10.2 Å². The minimum Gasteiger partial charge on any atom is -0.396 e. The van der Waals surface area contributed by atoms with Gasteiger partial charge in [-0.05, 0) is 23.9 Å². The molecule has 4 nitrogen and oxygen atoms in total. The van der Waals surface area contributed by atoms with Gasteiger partial charge in [0.1, 0.15) is 5.01 Å². The summed E-state index contributed by atoms with van der Waals surface area (Å²) < 4.78 is 3.03. The molecule has 18 heavy (non-hydrogen) atoms. The minimum absolute atomic E-state index is 0.112. The van der Waals surface area contributed by atoms with E-state index < -0.39 is 0 Å². The zero-order valence-corrected chi connectivity index (χ0v) is 11.7. The first-order valence-corrected chi connectivity index (χ1v) is 7.77. The van der Waals surface area contributed by atoms with Gasteiger partial charge in [-0.25, -0.2) is 4.98 Å². The maximum absolute atomic E-state index is 8.84. The molecule has 3 rings (SSSR count). The predicted octanol–water partition coefficient (Wildman–Crippen LogP) is 2.83. The third-order valence-electron chi connectivity index (χ3n) is 2.22. The highest BCUT2D eigenvalue weighted by atomic mass is 32.2. The van der Waals surface area contributed by atoms with Crippen LogP contribution in [-0.2, 0) is 6.42 Å². The van der Waals surface area contributed by atoms with Crippen molar-refractivity contribution in [3.63, 3.8) is 0 Å². The zero-order chi connectivity index (χ0) is 12.4. The van der Waals surface area contributed by atoms with Gasteiger partial charge in [-0.15, -0.1) is 21.5 Å². The van der Waals surface area contributed by atoms with Gasteiger partial charge in [0.05, 0.1) is 10.2 Å². The lowest BCUT2D eigenvalue weighted by atomic mass is 10.3. The van der Waals surface area contributed by atoms with Crippen LogP contribution in [0.5, 0.6) is 0 Å². The molecule has 2 aromatic heterocycles. The summed E-state index contributed by atoms with van der Waals surface area (Å²) in [6.07, 6.45) is 0.568. The van der Waals surface area contributed by atoms with Crippen LogP contribution in [0, 0.1) is 0 Å². The van der Waals surface area contributed by atoms with E-state index in [1.54, 1.807) is 11.3 Å². The summed E-state index contributed by atoms with van der Waals surface area (Å²) in [5, 5.41) is 17.8. The van der Waals surface area contributed by atoms with Crippen LogP contribution in [0.2, 0.25) is 0 Å². The number of thiazole rings is 1. The number of aromatic nitrogens is 3. The maximum Gasteiger partial charge on any atom is 0.181 e. The largest absolute Gasteiger partial charge is 0.396 e. The van der Waals surface area contributed by atoms with Crippen molar-refractivity contribution in [2.75, 3.05) is 6.61 Å². The molecule has 1 N–H and O–H groups in total. The molecule has 0 saturated heterocycles. The van der Waals surface area contributed by atoms with Crippen molar-refractivity contribution in [2.24, 2.45) is 0 Å². The van der Waals surface area contributed by atoms with Crippen LogP contribution in [0.3, 0.4) is 0 Å². The number of aliphatic hydroxyl groups is 1. The number of nitrogens with zero attached hydrogens (tertiary/aromatic N) is 3. The first-order valence-electron chi connectivity index (χ1n) is 5.32. The Hall–Kier alpha value is -1.02. The fourth-order valence-corrected chi connectivity index (χ4v) is 4.60. The van der Waals surface area contributed by atoms with Crippen LogP contribution in [-0.4, -0.2) is 26.9 Å². The molecule has 92 valence electrons. The minimum atomic E-state index is 0.112. The average molecular weight is 295 g/mol. The van der Waals surface area contributed by atoms with Crippen molar-refractivity contribution < 1.29 is 5.11 Å². The number of benzene rings is 1. The van der Waals surface area contributed by atoms with Crippen molar-refractivity contribution in [1.29, 1.82) is 0 Å². The van der Waals surface area contributed by atoms with Crippen LogP contribution >= 0.6 is 34.4 Å². The monoisotopic (exact) mass is 295 g/mol. The fourth-order valence-electron chi connectivity index (χ4n) is 1.45. The fraction of sp³-hybridized carbons (Fsp3) is 0.182. The van der Waals surface area contributed by atoms with E-state index in [4.69, 9.17) is 5.11 Å². The molecule has 0 aliphatic rings. The van der Waals surface area contributed by atoms with E-state index >= 15 is 0 Å². The number of fused-ring (bicyclic) bond motifs is 1. The number of rotatable bonds is 4. The van der Waals surface area contributed by atoms with Gasteiger partial charge in [0.25, 0.3) is 0 Å². The second-order valence-electron chi connectivity index (χ2n) is 3.48. The van der Waals surface area contributed by atoms with Gasteiger partial charge in [0, 0.05) is 13.0 Å². The first-order chi connectivity index (χ1) is 8.85. The molecular weight excluding hydrogens is 286 g/mol. The smallest absolute Gasteiger partial charge is 0.181 e. The van der Waals surface area contributed by atoms with E-state index in [2.05, 4.69) is 21.2 Å². The Morgan fingerprint density at radius 3 is 2.83 bits per heavy atom. The molecule has 0 aliphatic carbocycles. The third kappa shape index (κ3) is 2.54. The highest BCUT2D eigenvalue weighted by Crippen LogP contribution is 2.35. The molecule has 0 radical (unpaired) electrons. The molecule has 0 saturated carbocycles. The third-order valence-corrected chi connectivity index (χ3v) is 5.35. The number of hydrogen-bond acceptors (Lipinski definition) is 7. The Morgan fingerprint density at radius 1 is 1.11 bits per heavy atom. The van der Waals surface area contributed by atoms with Crippen molar-refractivity contribution in [3.8, 4) is 0 Å². The van der Waals surface area contributed by atoms with Crippen LogP contribution in [0.4, 0.5) is 0 Å². The summed E-state index contributed by atoms with van der Waals surface area (Å²) in [5.74, 6) is 0. The Kier molecular flexibility index (Phi) is 3.55. The van der Waals surface area contributed by atoms with E-state index in [1.807, 2.05) is 18.2 Å². The van der Waals surface area contributed by atoms with Gasteiger partial charge in [-0.3, -0.25) is 0 Å². The van der Waals surface area contributed by atoms with Crippen LogP contribution in [0.15, 0.2) is 32.9 Å². The summed E-state index contributed by atoms with van der Waals surface area (Å²) in [4.78, 5) is 4.53. The summed E-state index contributed by atoms with van der Waals surface area (Å²) in [7, 11) is 0. The SMILES string of the molecule is OCCc1nnc(Sc2nc3ccccc3s2)s1. The molecule has 3 aromatic rings. The lowest BCUT2D eigenvalue weighted by Gasteiger charge is -1.87. The van der Waals surface area contributed by atoms with Crippen molar-refractivity contribution >= 4 is 44.7 Å². The normalized spacial score (nSPS) is 11.2. The van der Waals surface area contributed by atoms with Crippen molar-refractivity contribution in [3.05, 3.63) is 29.3 Å². The van der Waals surface area contributed by atoms with Gasteiger partial charge < -0.3 is 5.11 Å². The average Bonchev–Trinajstić information content (AvgIpc) is 2.96. The number of hydrogen-bond donors (Lipinski definition) is 1. The quantitative estimate of drug-likeness (QED) is 0.802. The topological polar surface area (TPSA) is 58.9 Å². The highest BCUT2D eigenvalue weighted by molar-refractivity contribution is 8.02. The summed E-state index contributed by atoms with van der Waals surface area (Å²) in [6.45, 7) is 0.112. The lowest BCUT2D eigenvalue weighted by molar-refractivity contribution is 0.299. The van der Waals surface area contributed by atoms with E-state index in [0.717, 1.165) is 19.2 Å². The standard InChI is InChI=1S/C11H9N3OS3/c15-6-5-9-13-14-11(17-9)18-10-12-7-3-1-2-4-8(7)16-10/h1-4,15H,5-6H2. The van der Waals surface area contributed by atoms with Gasteiger partial charge in [-0.2, -0.15) is 0 Å². The molecule has 2 heterocycles. The molecule has 0 aliphatic heterocycles. The Bertz CT molecular complexity index is 631. The summed E-state index contributed by atoms with van der Waals surface area (Å²) in [5.41, 5.74) is 1.02. The van der Waals surface area contributed by atoms with Crippen LogP contribution < -0.4 is 0 Å². The van der Waals surface area contributed by atoms with Crippen molar-refractivity contribution in [1.82, 2.24) is 15.2 Å². The molecule has 1 aromatic carbocycles. The van der Waals surface area contributed by atoms with Crippen LogP contribution in [0.1, 0.15) is 5.01 Å². The molecule has 0 atom stereocenters. The van der Waals surface area contributed by atoms with E-state index in [9.17, 15) is 0 Å². The highest BCUT2D eigenvalue weighted by Gasteiger charge is 2.09. The van der Waals surface area contributed by atoms with Gasteiger partial charge in [0.2, 0.25) is 0 Å². The Balaban J connectivity index is 1.82. The molecule has 0 unspecified atom stereocenters. The van der Waals surface area contributed by atoms with Crippen molar-refractivity contribution in [2.45, 2.75) is 15.1 Å². The summed E-state index contributed by atoms with van der Waals surface area (Å²) >= 11 is 4.70. The first kappa shape index (κ1) is 12.0. The van der Waals surface area contributed by atoms with Gasteiger partial charge in [-0.1, -0.05) is 23.5 Å². The molecule has 0 bridgehead atoms. The lowest BCUT2D eigenvalue weighted by Crippen LogP contribution is -1.88. The van der Waals surface area contributed by atoms with E-state index in [-0.39, 0.29) is 6.61 Å². The second kappa shape index (κ2) is 5.31. The molecular formula is C11H9N3OS3. The predicted molar refractivity (Wildman–Crippen MR) is 74.4 cm³/mol. The molecule has 0 fully saturated rings.